The molecule has 0 bridgehead atoms. The lowest BCUT2D eigenvalue weighted by Gasteiger charge is -2.13. The Kier molecular flexibility index (Phi) is 5.86. The molecule has 0 saturated carbocycles. The number of hydrogen-bond acceptors (Lipinski definition) is 0. The lowest BCUT2D eigenvalue weighted by Crippen LogP contribution is -1.95. The van der Waals surface area contributed by atoms with Gasteiger partial charge in [0.05, 0.1) is 11.0 Å². The fourth-order valence-electron chi connectivity index (χ4n) is 6.12. The minimum absolute atomic E-state index is 1.17. The highest BCUT2D eigenvalue weighted by molar-refractivity contribution is 6.11. The molecule has 0 atom stereocenters. The van der Waals surface area contributed by atoms with Crippen LogP contribution in [-0.2, 0) is 0 Å². The molecule has 40 heavy (non-hydrogen) atoms. The van der Waals surface area contributed by atoms with E-state index in [0.717, 1.165) is 0 Å². The molecule has 1 nitrogen and oxygen atoms in total. The minimum atomic E-state index is 1.17. The van der Waals surface area contributed by atoms with Gasteiger partial charge in [-0.3, -0.25) is 0 Å². The van der Waals surface area contributed by atoms with Crippen LogP contribution in [0.5, 0.6) is 0 Å². The predicted molar refractivity (Wildman–Crippen MR) is 171 cm³/mol. The average Bonchev–Trinajstić information content (AvgIpc) is 3.31. The lowest BCUT2D eigenvalue weighted by molar-refractivity contribution is 1.18. The van der Waals surface area contributed by atoms with Crippen molar-refractivity contribution in [1.82, 2.24) is 4.57 Å². The standard InChI is InChI=1S/C39H31N/c1-26-16-19-35(28(3)22-26)32-18-21-37-36-20-17-31(34-15-8-7-10-27(34)2)24-38(36)40(39(37)25-32)33-14-9-13-30(23-33)29-11-5-4-6-12-29/h4-25H,1-3H3. The first-order valence-electron chi connectivity index (χ1n) is 13.9. The highest BCUT2D eigenvalue weighted by Crippen LogP contribution is 2.38. The maximum atomic E-state index is 2.45. The van der Waals surface area contributed by atoms with Gasteiger partial charge in [-0.15, -0.1) is 0 Å². The summed E-state index contributed by atoms with van der Waals surface area (Å²) in [6.07, 6.45) is 0. The van der Waals surface area contributed by atoms with E-state index >= 15 is 0 Å². The van der Waals surface area contributed by atoms with Crippen LogP contribution in [0.15, 0.2) is 133 Å². The first kappa shape index (κ1) is 24.2. The van der Waals surface area contributed by atoms with Crippen molar-refractivity contribution < 1.29 is 0 Å². The van der Waals surface area contributed by atoms with Gasteiger partial charge in [-0.2, -0.15) is 0 Å². The van der Waals surface area contributed by atoms with E-state index in [1.54, 1.807) is 0 Å². The Morgan fingerprint density at radius 1 is 0.400 bits per heavy atom. The number of aromatic nitrogens is 1. The second-order valence-corrected chi connectivity index (χ2v) is 10.8. The average molecular weight is 514 g/mol. The number of nitrogens with zero attached hydrogens (tertiary/aromatic N) is 1. The van der Waals surface area contributed by atoms with Gasteiger partial charge >= 0.3 is 0 Å². The molecule has 1 heterocycles. The van der Waals surface area contributed by atoms with E-state index in [1.807, 2.05) is 0 Å². The summed E-state index contributed by atoms with van der Waals surface area (Å²) in [4.78, 5) is 0. The fraction of sp³-hybridized carbons (Fsp3) is 0.0769. The maximum Gasteiger partial charge on any atom is 0.0547 e. The Morgan fingerprint density at radius 3 is 1.70 bits per heavy atom. The summed E-state index contributed by atoms with van der Waals surface area (Å²) < 4.78 is 2.45. The van der Waals surface area contributed by atoms with Gasteiger partial charge in [-0.05, 0) is 89.5 Å². The summed E-state index contributed by atoms with van der Waals surface area (Å²) in [6, 6.07) is 48.8. The maximum absolute atomic E-state index is 2.45. The number of fused-ring (bicyclic) bond motifs is 3. The van der Waals surface area contributed by atoms with E-state index in [9.17, 15) is 0 Å². The number of aryl methyl sites for hydroxylation is 3. The highest BCUT2D eigenvalue weighted by atomic mass is 15.0. The third-order valence-electron chi connectivity index (χ3n) is 8.13. The molecule has 0 aliphatic heterocycles. The third-order valence-corrected chi connectivity index (χ3v) is 8.13. The molecule has 6 aromatic carbocycles. The summed E-state index contributed by atoms with van der Waals surface area (Å²) in [5.41, 5.74) is 15.0. The van der Waals surface area contributed by atoms with E-state index in [4.69, 9.17) is 0 Å². The molecule has 0 unspecified atom stereocenters. The Labute approximate surface area is 236 Å². The van der Waals surface area contributed by atoms with Crippen LogP contribution >= 0.6 is 0 Å². The molecular formula is C39H31N. The molecule has 0 spiro atoms. The van der Waals surface area contributed by atoms with Crippen LogP contribution in [0.1, 0.15) is 16.7 Å². The quantitative estimate of drug-likeness (QED) is 0.221. The molecule has 7 aromatic rings. The van der Waals surface area contributed by atoms with Crippen LogP contribution in [0, 0.1) is 20.8 Å². The second-order valence-electron chi connectivity index (χ2n) is 10.8. The van der Waals surface area contributed by atoms with Crippen molar-refractivity contribution in [3.63, 3.8) is 0 Å². The van der Waals surface area contributed by atoms with Crippen molar-refractivity contribution >= 4 is 21.8 Å². The largest absolute Gasteiger partial charge is 0.309 e. The Balaban J connectivity index is 1.52. The zero-order valence-corrected chi connectivity index (χ0v) is 23.1. The SMILES string of the molecule is Cc1ccc(-c2ccc3c4ccc(-c5ccccc5C)cc4n(-c4cccc(-c5ccccc5)c4)c3c2)c(C)c1. The van der Waals surface area contributed by atoms with Gasteiger partial charge in [-0.25, -0.2) is 0 Å². The van der Waals surface area contributed by atoms with Gasteiger partial charge in [0.1, 0.15) is 0 Å². The minimum Gasteiger partial charge on any atom is -0.309 e. The monoisotopic (exact) mass is 513 g/mol. The Bertz CT molecular complexity index is 2020. The van der Waals surface area contributed by atoms with E-state index in [-0.39, 0.29) is 0 Å². The van der Waals surface area contributed by atoms with Crippen molar-refractivity contribution in [3.8, 4) is 39.1 Å². The van der Waals surface area contributed by atoms with E-state index in [2.05, 4.69) is 159 Å². The molecule has 0 saturated heterocycles. The zero-order chi connectivity index (χ0) is 27.2. The van der Waals surface area contributed by atoms with Crippen molar-refractivity contribution in [2.24, 2.45) is 0 Å². The van der Waals surface area contributed by atoms with Gasteiger partial charge < -0.3 is 4.57 Å². The molecule has 192 valence electrons. The number of hydrogen-bond donors (Lipinski definition) is 0. The van der Waals surface area contributed by atoms with Crippen molar-refractivity contribution in [2.45, 2.75) is 20.8 Å². The Hall–Kier alpha value is -4.88. The van der Waals surface area contributed by atoms with Gasteiger partial charge in [-0.1, -0.05) is 115 Å². The van der Waals surface area contributed by atoms with Gasteiger partial charge in [0, 0.05) is 16.5 Å². The van der Waals surface area contributed by atoms with Gasteiger partial charge in [0.2, 0.25) is 0 Å². The molecular weight excluding hydrogens is 482 g/mol. The topological polar surface area (TPSA) is 4.93 Å². The second kappa shape index (κ2) is 9.70. The lowest BCUT2D eigenvalue weighted by atomic mass is 9.97. The molecule has 0 aliphatic rings. The van der Waals surface area contributed by atoms with E-state index < -0.39 is 0 Å². The van der Waals surface area contributed by atoms with Crippen molar-refractivity contribution in [3.05, 3.63) is 150 Å². The van der Waals surface area contributed by atoms with Crippen molar-refractivity contribution in [2.75, 3.05) is 0 Å². The van der Waals surface area contributed by atoms with E-state index in [0.29, 0.717) is 0 Å². The van der Waals surface area contributed by atoms with E-state index in [1.165, 1.54) is 77.6 Å². The summed E-state index contributed by atoms with van der Waals surface area (Å²) in [7, 11) is 0. The molecule has 0 fully saturated rings. The van der Waals surface area contributed by atoms with Crippen LogP contribution in [-0.4, -0.2) is 4.57 Å². The molecule has 7 rings (SSSR count). The number of benzene rings is 6. The fourth-order valence-corrected chi connectivity index (χ4v) is 6.12. The molecule has 1 aromatic heterocycles. The first-order valence-corrected chi connectivity index (χ1v) is 13.9. The molecule has 0 radical (unpaired) electrons. The highest BCUT2D eigenvalue weighted by Gasteiger charge is 2.16. The molecule has 0 aliphatic carbocycles. The summed E-state index contributed by atoms with van der Waals surface area (Å²) in [5.74, 6) is 0. The third kappa shape index (κ3) is 4.12. The first-order chi connectivity index (χ1) is 19.6. The summed E-state index contributed by atoms with van der Waals surface area (Å²) >= 11 is 0. The number of rotatable bonds is 4. The zero-order valence-electron chi connectivity index (χ0n) is 23.1. The molecule has 0 amide bonds. The summed E-state index contributed by atoms with van der Waals surface area (Å²) in [5, 5.41) is 2.54. The smallest absolute Gasteiger partial charge is 0.0547 e. The normalized spacial score (nSPS) is 11.4. The summed E-state index contributed by atoms with van der Waals surface area (Å²) in [6.45, 7) is 6.55. The van der Waals surface area contributed by atoms with Crippen molar-refractivity contribution in [1.29, 1.82) is 0 Å². The van der Waals surface area contributed by atoms with Crippen LogP contribution in [0.25, 0.3) is 60.9 Å². The molecule has 0 N–H and O–H groups in total. The Morgan fingerprint density at radius 2 is 1.02 bits per heavy atom. The predicted octanol–water partition coefficient (Wildman–Crippen LogP) is 10.7. The molecule has 1 heteroatoms. The van der Waals surface area contributed by atoms with Crippen LogP contribution in [0.2, 0.25) is 0 Å². The van der Waals surface area contributed by atoms with Gasteiger partial charge in [0.15, 0.2) is 0 Å². The van der Waals surface area contributed by atoms with Crippen LogP contribution < -0.4 is 0 Å². The van der Waals surface area contributed by atoms with Crippen LogP contribution in [0.3, 0.4) is 0 Å². The van der Waals surface area contributed by atoms with Gasteiger partial charge in [0.25, 0.3) is 0 Å². The van der Waals surface area contributed by atoms with Crippen LogP contribution in [0.4, 0.5) is 0 Å².